The fourth-order valence-electron chi connectivity index (χ4n) is 3.30. The number of amides is 2. The molecule has 1 aliphatic heterocycles. The second kappa shape index (κ2) is 9.41. The number of aryl methyl sites for hydroxylation is 1. The van der Waals surface area contributed by atoms with Gasteiger partial charge in [0.1, 0.15) is 11.4 Å². The highest BCUT2D eigenvalue weighted by Gasteiger charge is 2.24. The summed E-state index contributed by atoms with van der Waals surface area (Å²) >= 11 is 0. The van der Waals surface area contributed by atoms with Gasteiger partial charge in [0.15, 0.2) is 0 Å². The number of rotatable bonds is 5. The number of carbonyl (C=O) groups excluding carboxylic acids is 2. The Morgan fingerprint density at radius 1 is 1.03 bits per heavy atom. The zero-order chi connectivity index (χ0) is 20.8. The molecule has 0 aliphatic carbocycles. The lowest BCUT2D eigenvalue weighted by Gasteiger charge is -2.31. The number of hydrogen-bond acceptors (Lipinski definition) is 3. The van der Waals surface area contributed by atoms with Crippen LogP contribution in [-0.2, 0) is 4.79 Å². The number of nitrogens with zero attached hydrogens (tertiary/aromatic N) is 1. The van der Waals surface area contributed by atoms with E-state index in [0.717, 1.165) is 29.7 Å². The van der Waals surface area contributed by atoms with E-state index in [9.17, 15) is 9.59 Å². The van der Waals surface area contributed by atoms with E-state index in [4.69, 9.17) is 4.74 Å². The van der Waals surface area contributed by atoms with Gasteiger partial charge < -0.3 is 15.0 Å². The molecule has 1 N–H and O–H groups in total. The minimum Gasteiger partial charge on any atom is -0.497 e. The summed E-state index contributed by atoms with van der Waals surface area (Å²) in [6, 6.07) is 14.7. The fraction of sp³-hybridized carbons (Fsp3) is 0.333. The third kappa shape index (κ3) is 5.47. The Hall–Kier alpha value is -3.08. The first-order valence-electron chi connectivity index (χ1n) is 9.99. The summed E-state index contributed by atoms with van der Waals surface area (Å²) in [6.07, 6.45) is 3.69. The molecule has 1 saturated heterocycles. The molecule has 2 aromatic rings. The van der Waals surface area contributed by atoms with Gasteiger partial charge in [-0.3, -0.25) is 9.59 Å². The van der Waals surface area contributed by atoms with Crippen LogP contribution in [0.25, 0.3) is 6.08 Å². The summed E-state index contributed by atoms with van der Waals surface area (Å²) in [5.74, 6) is 0.927. The van der Waals surface area contributed by atoms with Crippen molar-refractivity contribution < 1.29 is 14.3 Å². The van der Waals surface area contributed by atoms with Crippen molar-refractivity contribution in [3.8, 4) is 5.75 Å². The number of nitrogens with one attached hydrogen (secondary N) is 1. The largest absolute Gasteiger partial charge is 0.497 e. The van der Waals surface area contributed by atoms with Crippen molar-refractivity contribution in [2.24, 2.45) is 5.92 Å². The molecule has 2 amide bonds. The number of benzene rings is 2. The van der Waals surface area contributed by atoms with Crippen molar-refractivity contribution in [3.63, 3.8) is 0 Å². The smallest absolute Gasteiger partial charge is 0.270 e. The average Bonchev–Trinajstić information content (AvgIpc) is 2.74. The van der Waals surface area contributed by atoms with E-state index in [1.54, 1.807) is 25.3 Å². The van der Waals surface area contributed by atoms with Crippen molar-refractivity contribution in [1.29, 1.82) is 0 Å². The molecule has 0 unspecified atom stereocenters. The van der Waals surface area contributed by atoms with Crippen LogP contribution in [0.3, 0.4) is 0 Å². The molecule has 0 radical (unpaired) electrons. The van der Waals surface area contributed by atoms with Crippen LogP contribution in [0.5, 0.6) is 5.75 Å². The Kier molecular flexibility index (Phi) is 6.70. The normalized spacial score (nSPS) is 15.1. The zero-order valence-electron chi connectivity index (χ0n) is 17.3. The van der Waals surface area contributed by atoms with Crippen LogP contribution in [0.4, 0.5) is 0 Å². The third-order valence-electron chi connectivity index (χ3n) is 5.29. The molecule has 0 bridgehead atoms. The van der Waals surface area contributed by atoms with Crippen LogP contribution in [0, 0.1) is 12.8 Å². The maximum absolute atomic E-state index is 13.2. The lowest BCUT2D eigenvalue weighted by Crippen LogP contribution is -2.42. The third-order valence-corrected chi connectivity index (χ3v) is 5.29. The molecule has 1 heterocycles. The van der Waals surface area contributed by atoms with Gasteiger partial charge in [0.25, 0.3) is 11.8 Å². The highest BCUT2D eigenvalue weighted by molar-refractivity contribution is 6.05. The monoisotopic (exact) mass is 392 g/mol. The molecule has 152 valence electrons. The number of hydrogen-bond donors (Lipinski definition) is 1. The van der Waals surface area contributed by atoms with Crippen LogP contribution < -0.4 is 10.1 Å². The van der Waals surface area contributed by atoms with E-state index in [1.165, 1.54) is 0 Å². The molecule has 29 heavy (non-hydrogen) atoms. The van der Waals surface area contributed by atoms with E-state index < -0.39 is 0 Å². The molecule has 0 aromatic heterocycles. The number of methoxy groups -OCH3 is 1. The second-order valence-electron chi connectivity index (χ2n) is 7.63. The van der Waals surface area contributed by atoms with Crippen LogP contribution in [-0.4, -0.2) is 36.9 Å². The van der Waals surface area contributed by atoms with Crippen LogP contribution >= 0.6 is 0 Å². The topological polar surface area (TPSA) is 58.6 Å². The quantitative estimate of drug-likeness (QED) is 0.782. The first-order chi connectivity index (χ1) is 14.0. The summed E-state index contributed by atoms with van der Waals surface area (Å²) in [5.41, 5.74) is 2.71. The first-order valence-corrected chi connectivity index (χ1v) is 9.99. The van der Waals surface area contributed by atoms with Gasteiger partial charge in [-0.15, -0.1) is 0 Å². The maximum atomic E-state index is 13.2. The molecule has 5 nitrogen and oxygen atoms in total. The van der Waals surface area contributed by atoms with Gasteiger partial charge in [0.05, 0.1) is 7.11 Å². The molecule has 2 aromatic carbocycles. The van der Waals surface area contributed by atoms with Gasteiger partial charge in [-0.1, -0.05) is 36.8 Å². The van der Waals surface area contributed by atoms with Gasteiger partial charge in [-0.2, -0.15) is 0 Å². The summed E-state index contributed by atoms with van der Waals surface area (Å²) in [5, 5.41) is 2.84. The molecule has 0 saturated carbocycles. The van der Waals surface area contributed by atoms with Crippen molar-refractivity contribution in [2.45, 2.75) is 26.7 Å². The van der Waals surface area contributed by atoms with E-state index >= 15 is 0 Å². The Labute approximate surface area is 172 Å². The van der Waals surface area contributed by atoms with E-state index in [1.807, 2.05) is 48.2 Å². The van der Waals surface area contributed by atoms with Crippen molar-refractivity contribution in [3.05, 3.63) is 70.9 Å². The van der Waals surface area contributed by atoms with Crippen LogP contribution in [0.2, 0.25) is 0 Å². The Bertz CT molecular complexity index is 877. The Balaban J connectivity index is 1.85. The number of piperidine rings is 1. The van der Waals surface area contributed by atoms with Crippen molar-refractivity contribution >= 4 is 17.9 Å². The number of likely N-dealkylation sites (tertiary alicyclic amines) is 1. The molecule has 1 fully saturated rings. The average molecular weight is 392 g/mol. The standard InChI is InChI=1S/C24H28N2O3/c1-17-4-8-20(9-5-17)23(27)25-22(16-19-6-10-21(29-3)11-7-19)24(28)26-14-12-18(2)13-15-26/h4-11,16,18H,12-15H2,1-3H3,(H,25,27). The van der Waals surface area contributed by atoms with Gasteiger partial charge in [-0.25, -0.2) is 0 Å². The molecule has 0 spiro atoms. The van der Waals surface area contributed by atoms with Crippen molar-refractivity contribution in [2.75, 3.05) is 20.2 Å². The molecule has 1 aliphatic rings. The first kappa shape index (κ1) is 20.6. The number of ether oxygens (including phenoxy) is 1. The SMILES string of the molecule is COc1ccc(C=C(NC(=O)c2ccc(C)cc2)C(=O)N2CCC(C)CC2)cc1. The van der Waals surface area contributed by atoms with Gasteiger partial charge in [0, 0.05) is 18.7 Å². The summed E-state index contributed by atoms with van der Waals surface area (Å²) < 4.78 is 5.19. The number of carbonyl (C=O) groups is 2. The minimum atomic E-state index is -0.288. The molecule has 0 atom stereocenters. The predicted octanol–water partition coefficient (Wildman–Crippen LogP) is 4.03. The fourth-order valence-corrected chi connectivity index (χ4v) is 3.30. The highest BCUT2D eigenvalue weighted by Crippen LogP contribution is 2.19. The van der Waals surface area contributed by atoms with Gasteiger partial charge in [0.2, 0.25) is 0 Å². The molecular weight excluding hydrogens is 364 g/mol. The highest BCUT2D eigenvalue weighted by atomic mass is 16.5. The molecular formula is C24H28N2O3. The zero-order valence-corrected chi connectivity index (χ0v) is 17.3. The van der Waals surface area contributed by atoms with Gasteiger partial charge >= 0.3 is 0 Å². The second-order valence-corrected chi connectivity index (χ2v) is 7.63. The molecule has 5 heteroatoms. The maximum Gasteiger partial charge on any atom is 0.270 e. The van der Waals surface area contributed by atoms with Crippen LogP contribution in [0.1, 0.15) is 41.3 Å². The Morgan fingerprint density at radius 2 is 1.66 bits per heavy atom. The lowest BCUT2D eigenvalue weighted by atomic mass is 9.99. The molecule has 3 rings (SSSR count). The Morgan fingerprint density at radius 3 is 2.24 bits per heavy atom. The summed E-state index contributed by atoms with van der Waals surface area (Å²) in [4.78, 5) is 27.7. The summed E-state index contributed by atoms with van der Waals surface area (Å²) in [7, 11) is 1.61. The lowest BCUT2D eigenvalue weighted by molar-refractivity contribution is -0.128. The van der Waals surface area contributed by atoms with E-state index in [2.05, 4.69) is 12.2 Å². The summed E-state index contributed by atoms with van der Waals surface area (Å²) in [6.45, 7) is 5.59. The predicted molar refractivity (Wildman–Crippen MR) is 115 cm³/mol. The van der Waals surface area contributed by atoms with E-state index in [0.29, 0.717) is 24.6 Å². The van der Waals surface area contributed by atoms with Crippen molar-refractivity contribution in [1.82, 2.24) is 10.2 Å². The van der Waals surface area contributed by atoms with E-state index in [-0.39, 0.29) is 17.5 Å². The minimum absolute atomic E-state index is 0.145. The van der Waals surface area contributed by atoms with Crippen LogP contribution in [0.15, 0.2) is 54.2 Å². The van der Waals surface area contributed by atoms with Gasteiger partial charge in [-0.05, 0) is 61.6 Å².